The summed E-state index contributed by atoms with van der Waals surface area (Å²) in [4.78, 5) is 12.5. The molecule has 0 radical (unpaired) electrons. The summed E-state index contributed by atoms with van der Waals surface area (Å²) in [5.74, 6) is 0.0925. The van der Waals surface area contributed by atoms with Gasteiger partial charge in [-0.2, -0.15) is 0 Å². The highest BCUT2D eigenvalue weighted by atomic mass is 16.2. The summed E-state index contributed by atoms with van der Waals surface area (Å²) in [6.07, 6.45) is 5.17. The molecule has 48 valence electrons. The molecule has 1 aliphatic heterocycles. The van der Waals surface area contributed by atoms with Gasteiger partial charge in [0.2, 0.25) is 5.91 Å². The monoisotopic (exact) mass is 123 g/mol. The van der Waals surface area contributed by atoms with Gasteiger partial charge in [0.1, 0.15) is 0 Å². The van der Waals surface area contributed by atoms with Crippen molar-refractivity contribution in [1.82, 2.24) is 4.90 Å². The Kier molecular flexibility index (Phi) is 1.68. The highest BCUT2D eigenvalue weighted by Gasteiger charge is 2.11. The first-order valence-corrected chi connectivity index (χ1v) is 2.91. The van der Waals surface area contributed by atoms with Gasteiger partial charge in [-0.05, 0) is 0 Å². The Balaban J connectivity index is 2.45. The van der Waals surface area contributed by atoms with Gasteiger partial charge in [-0.3, -0.25) is 4.79 Å². The summed E-state index contributed by atoms with van der Waals surface area (Å²) in [6.45, 7) is 4.94. The van der Waals surface area contributed by atoms with E-state index in [-0.39, 0.29) is 5.91 Å². The molecule has 0 aromatic rings. The van der Waals surface area contributed by atoms with Gasteiger partial charge in [0.15, 0.2) is 0 Å². The number of rotatable bonds is 2. The Hall–Kier alpha value is -1.05. The van der Waals surface area contributed by atoms with Crippen molar-refractivity contribution < 1.29 is 4.79 Å². The first kappa shape index (κ1) is 6.08. The Labute approximate surface area is 54.5 Å². The highest BCUT2D eigenvalue weighted by Crippen LogP contribution is 1.99. The largest absolute Gasteiger partial charge is 0.332 e. The SMILES string of the molecule is C=CCN1CC=CC1=O. The lowest BCUT2D eigenvalue weighted by atomic mass is 10.5. The van der Waals surface area contributed by atoms with E-state index in [4.69, 9.17) is 0 Å². The van der Waals surface area contributed by atoms with Gasteiger partial charge < -0.3 is 4.90 Å². The minimum Gasteiger partial charge on any atom is -0.332 e. The third-order valence-electron chi connectivity index (χ3n) is 1.25. The Morgan fingerprint density at radius 3 is 3.11 bits per heavy atom. The summed E-state index contributed by atoms with van der Waals surface area (Å²) in [7, 11) is 0. The molecule has 2 heteroatoms. The zero-order valence-electron chi connectivity index (χ0n) is 5.21. The van der Waals surface area contributed by atoms with Crippen molar-refractivity contribution in [3.63, 3.8) is 0 Å². The van der Waals surface area contributed by atoms with Gasteiger partial charge in [-0.15, -0.1) is 6.58 Å². The Bertz CT molecular complexity index is 160. The molecule has 9 heavy (non-hydrogen) atoms. The van der Waals surface area contributed by atoms with E-state index in [9.17, 15) is 4.79 Å². The zero-order valence-corrected chi connectivity index (χ0v) is 5.21. The fourth-order valence-corrected chi connectivity index (χ4v) is 0.796. The minimum absolute atomic E-state index is 0.0925. The van der Waals surface area contributed by atoms with Crippen LogP contribution in [0.4, 0.5) is 0 Å². The molecule has 0 spiro atoms. The zero-order chi connectivity index (χ0) is 6.69. The quantitative estimate of drug-likeness (QED) is 0.491. The van der Waals surface area contributed by atoms with E-state index in [1.807, 2.05) is 6.08 Å². The third-order valence-corrected chi connectivity index (χ3v) is 1.25. The van der Waals surface area contributed by atoms with Crippen molar-refractivity contribution in [2.45, 2.75) is 0 Å². The van der Waals surface area contributed by atoms with Crippen LogP contribution in [0.25, 0.3) is 0 Å². The first-order valence-electron chi connectivity index (χ1n) is 2.91. The van der Waals surface area contributed by atoms with Crippen LogP contribution < -0.4 is 0 Å². The van der Waals surface area contributed by atoms with E-state index < -0.39 is 0 Å². The van der Waals surface area contributed by atoms with Crippen LogP contribution in [0.1, 0.15) is 0 Å². The molecule has 0 atom stereocenters. The van der Waals surface area contributed by atoms with Crippen LogP contribution >= 0.6 is 0 Å². The molecule has 0 aliphatic carbocycles. The van der Waals surface area contributed by atoms with Gasteiger partial charge in [-0.1, -0.05) is 12.2 Å². The van der Waals surface area contributed by atoms with E-state index in [2.05, 4.69) is 6.58 Å². The third kappa shape index (κ3) is 1.19. The normalized spacial score (nSPS) is 16.9. The lowest BCUT2D eigenvalue weighted by Crippen LogP contribution is -2.24. The van der Waals surface area contributed by atoms with E-state index in [1.54, 1.807) is 17.1 Å². The van der Waals surface area contributed by atoms with E-state index in [0.29, 0.717) is 6.54 Å². The molecule has 0 N–H and O–H groups in total. The average molecular weight is 123 g/mol. The van der Waals surface area contributed by atoms with Crippen molar-refractivity contribution in [2.24, 2.45) is 0 Å². The molecule has 1 rings (SSSR count). The summed E-state index contributed by atoms with van der Waals surface area (Å²) >= 11 is 0. The molecule has 0 bridgehead atoms. The van der Waals surface area contributed by atoms with Gasteiger partial charge in [0.25, 0.3) is 0 Å². The molecule has 0 unspecified atom stereocenters. The second-order valence-electron chi connectivity index (χ2n) is 1.93. The van der Waals surface area contributed by atoms with Crippen LogP contribution in [-0.4, -0.2) is 23.9 Å². The predicted octanol–water partition coefficient (Wildman–Crippen LogP) is 0.571. The van der Waals surface area contributed by atoms with Gasteiger partial charge >= 0.3 is 0 Å². The second kappa shape index (κ2) is 2.49. The number of hydrogen-bond acceptors (Lipinski definition) is 1. The number of amides is 1. The molecule has 0 aromatic carbocycles. The van der Waals surface area contributed by atoms with Crippen LogP contribution in [0.3, 0.4) is 0 Å². The molecular weight excluding hydrogens is 114 g/mol. The molecule has 1 aliphatic rings. The van der Waals surface area contributed by atoms with E-state index >= 15 is 0 Å². The van der Waals surface area contributed by atoms with Crippen LogP contribution in [-0.2, 0) is 4.79 Å². The minimum atomic E-state index is 0.0925. The lowest BCUT2D eigenvalue weighted by molar-refractivity contribution is -0.124. The molecule has 1 heterocycles. The van der Waals surface area contributed by atoms with E-state index in [0.717, 1.165) is 6.54 Å². The predicted molar refractivity (Wildman–Crippen MR) is 35.9 cm³/mol. The van der Waals surface area contributed by atoms with Crippen LogP contribution in [0.2, 0.25) is 0 Å². The molecular formula is C7H9NO. The summed E-state index contributed by atoms with van der Waals surface area (Å²) in [5.41, 5.74) is 0. The highest BCUT2D eigenvalue weighted by molar-refractivity contribution is 5.90. The summed E-state index contributed by atoms with van der Waals surface area (Å²) in [5, 5.41) is 0. The van der Waals surface area contributed by atoms with Crippen LogP contribution in [0, 0.1) is 0 Å². The molecule has 2 nitrogen and oxygen atoms in total. The Morgan fingerprint density at radius 1 is 1.89 bits per heavy atom. The van der Waals surface area contributed by atoms with Crippen molar-refractivity contribution in [2.75, 3.05) is 13.1 Å². The maximum atomic E-state index is 10.8. The fourth-order valence-electron chi connectivity index (χ4n) is 0.796. The molecule has 0 aromatic heterocycles. The van der Waals surface area contributed by atoms with Gasteiger partial charge in [-0.25, -0.2) is 0 Å². The lowest BCUT2D eigenvalue weighted by Gasteiger charge is -2.10. The fraction of sp³-hybridized carbons (Fsp3) is 0.286. The maximum absolute atomic E-state index is 10.8. The van der Waals surface area contributed by atoms with Gasteiger partial charge in [0.05, 0.1) is 0 Å². The van der Waals surface area contributed by atoms with Crippen molar-refractivity contribution in [3.8, 4) is 0 Å². The van der Waals surface area contributed by atoms with E-state index in [1.165, 1.54) is 0 Å². The number of carbonyl (C=O) groups excluding carboxylic acids is 1. The Morgan fingerprint density at radius 2 is 2.67 bits per heavy atom. The topological polar surface area (TPSA) is 20.3 Å². The number of nitrogens with zero attached hydrogens (tertiary/aromatic N) is 1. The average Bonchev–Trinajstić information content (AvgIpc) is 2.18. The molecule has 0 saturated carbocycles. The van der Waals surface area contributed by atoms with Gasteiger partial charge in [0, 0.05) is 19.2 Å². The van der Waals surface area contributed by atoms with Crippen molar-refractivity contribution in [1.29, 1.82) is 0 Å². The molecule has 0 saturated heterocycles. The van der Waals surface area contributed by atoms with Crippen LogP contribution in [0.15, 0.2) is 24.8 Å². The van der Waals surface area contributed by atoms with Crippen molar-refractivity contribution >= 4 is 5.91 Å². The summed E-state index contributed by atoms with van der Waals surface area (Å²) < 4.78 is 0. The van der Waals surface area contributed by atoms with Crippen molar-refractivity contribution in [3.05, 3.63) is 24.8 Å². The smallest absolute Gasteiger partial charge is 0.246 e. The number of hydrogen-bond donors (Lipinski definition) is 0. The first-order chi connectivity index (χ1) is 4.34. The second-order valence-corrected chi connectivity index (χ2v) is 1.93. The molecule has 1 amide bonds. The molecule has 0 fully saturated rings. The maximum Gasteiger partial charge on any atom is 0.246 e. The number of carbonyl (C=O) groups is 1. The summed E-state index contributed by atoms with van der Waals surface area (Å²) in [6, 6.07) is 0. The standard InChI is InChI=1S/C7H9NO/c1-2-5-8-6-3-4-7(8)9/h2-4H,1,5-6H2. The van der Waals surface area contributed by atoms with Crippen LogP contribution in [0.5, 0.6) is 0 Å².